The first kappa shape index (κ1) is 14.9. The van der Waals surface area contributed by atoms with Crippen LogP contribution in [-0.4, -0.2) is 10.9 Å². The van der Waals surface area contributed by atoms with E-state index in [2.05, 4.69) is 22.4 Å². The summed E-state index contributed by atoms with van der Waals surface area (Å²) in [6, 6.07) is 18.7. The summed E-state index contributed by atoms with van der Waals surface area (Å²) < 4.78 is 0. The number of rotatable bonds is 4. The Balaban J connectivity index is 1.66. The number of anilines is 1. The summed E-state index contributed by atoms with van der Waals surface area (Å²) in [6.45, 7) is 0. The van der Waals surface area contributed by atoms with E-state index < -0.39 is 0 Å². The lowest BCUT2D eigenvalue weighted by Gasteiger charge is -2.01. The third kappa shape index (κ3) is 3.82. The lowest BCUT2D eigenvalue weighted by atomic mass is 10.1. The van der Waals surface area contributed by atoms with Crippen LogP contribution in [0.4, 0.5) is 5.13 Å². The second kappa shape index (κ2) is 6.86. The van der Waals surface area contributed by atoms with E-state index in [-0.39, 0.29) is 5.91 Å². The molecule has 0 unspecified atom stereocenters. The fourth-order valence-electron chi connectivity index (χ4n) is 2.11. The molecule has 0 bridgehead atoms. The van der Waals surface area contributed by atoms with Gasteiger partial charge in [0.1, 0.15) is 0 Å². The number of hydrogen-bond donors (Lipinski definition) is 1. The largest absolute Gasteiger partial charge is 0.298 e. The van der Waals surface area contributed by atoms with Crippen molar-refractivity contribution >= 4 is 22.4 Å². The summed E-state index contributed by atoms with van der Waals surface area (Å²) in [6.07, 6.45) is 2.58. The van der Waals surface area contributed by atoms with Crippen LogP contribution >= 0.6 is 11.3 Å². The first-order valence-electron chi connectivity index (χ1n) is 7.05. The van der Waals surface area contributed by atoms with Crippen LogP contribution in [0.15, 0.2) is 60.8 Å². The van der Waals surface area contributed by atoms with Crippen molar-refractivity contribution in [1.82, 2.24) is 4.98 Å². The summed E-state index contributed by atoms with van der Waals surface area (Å²) >= 11 is 1.46. The van der Waals surface area contributed by atoms with Gasteiger partial charge in [-0.15, -0.1) is 11.3 Å². The first-order chi connectivity index (χ1) is 11.2. The van der Waals surface area contributed by atoms with Gasteiger partial charge < -0.3 is 0 Å². The first-order valence-corrected chi connectivity index (χ1v) is 7.86. The van der Waals surface area contributed by atoms with Gasteiger partial charge >= 0.3 is 0 Å². The highest BCUT2D eigenvalue weighted by Crippen LogP contribution is 2.21. The quantitative estimate of drug-likeness (QED) is 0.794. The normalized spacial score (nSPS) is 10.0. The van der Waals surface area contributed by atoms with Gasteiger partial charge in [0.05, 0.1) is 11.6 Å². The van der Waals surface area contributed by atoms with Gasteiger partial charge in [0.25, 0.3) is 5.91 Å². The van der Waals surface area contributed by atoms with E-state index in [4.69, 9.17) is 5.26 Å². The second-order valence-corrected chi connectivity index (χ2v) is 6.05. The van der Waals surface area contributed by atoms with Crippen LogP contribution in [0.5, 0.6) is 0 Å². The van der Waals surface area contributed by atoms with Gasteiger partial charge in [0.15, 0.2) is 5.13 Å². The molecular formula is C18H13N3OS. The average molecular weight is 319 g/mol. The van der Waals surface area contributed by atoms with Crippen molar-refractivity contribution in [2.24, 2.45) is 0 Å². The zero-order chi connectivity index (χ0) is 16.1. The van der Waals surface area contributed by atoms with Crippen molar-refractivity contribution < 1.29 is 4.79 Å². The van der Waals surface area contributed by atoms with Gasteiger partial charge in [-0.05, 0) is 29.8 Å². The van der Waals surface area contributed by atoms with Gasteiger partial charge in [0.2, 0.25) is 0 Å². The van der Waals surface area contributed by atoms with Crippen LogP contribution in [0.3, 0.4) is 0 Å². The van der Waals surface area contributed by atoms with Crippen LogP contribution in [-0.2, 0) is 6.42 Å². The Kier molecular flexibility index (Phi) is 4.46. The highest BCUT2D eigenvalue weighted by molar-refractivity contribution is 7.15. The smallest absolute Gasteiger partial charge is 0.257 e. The predicted octanol–water partition coefficient (Wildman–Crippen LogP) is 3.86. The summed E-state index contributed by atoms with van der Waals surface area (Å²) in [7, 11) is 0. The number of aromatic nitrogens is 1. The molecule has 0 saturated heterocycles. The summed E-state index contributed by atoms with van der Waals surface area (Å²) in [5, 5.41) is 12.1. The average Bonchev–Trinajstić information content (AvgIpc) is 3.02. The Morgan fingerprint density at radius 2 is 1.87 bits per heavy atom. The third-order valence-corrected chi connectivity index (χ3v) is 4.18. The minimum atomic E-state index is -0.227. The zero-order valence-electron chi connectivity index (χ0n) is 12.2. The van der Waals surface area contributed by atoms with E-state index in [0.29, 0.717) is 16.3 Å². The molecule has 0 saturated carbocycles. The van der Waals surface area contributed by atoms with Crippen molar-refractivity contribution in [3.05, 3.63) is 82.4 Å². The van der Waals surface area contributed by atoms with Crippen molar-refractivity contribution in [2.75, 3.05) is 5.32 Å². The van der Waals surface area contributed by atoms with E-state index in [0.717, 1.165) is 11.3 Å². The number of carbonyl (C=O) groups is 1. The Morgan fingerprint density at radius 3 is 2.57 bits per heavy atom. The molecule has 1 N–H and O–H groups in total. The molecule has 2 aromatic carbocycles. The monoisotopic (exact) mass is 319 g/mol. The van der Waals surface area contributed by atoms with Crippen LogP contribution in [0, 0.1) is 11.3 Å². The van der Waals surface area contributed by atoms with E-state index in [1.54, 1.807) is 30.5 Å². The molecule has 3 rings (SSSR count). The highest BCUT2D eigenvalue weighted by atomic mass is 32.1. The molecule has 1 heterocycles. The van der Waals surface area contributed by atoms with Crippen LogP contribution in [0.2, 0.25) is 0 Å². The predicted molar refractivity (Wildman–Crippen MR) is 90.5 cm³/mol. The Hall–Kier alpha value is -2.97. The number of nitrogens with one attached hydrogen (secondary N) is 1. The number of thiazole rings is 1. The molecule has 3 aromatic rings. The summed E-state index contributed by atoms with van der Waals surface area (Å²) in [5.41, 5.74) is 2.24. The fourth-order valence-corrected chi connectivity index (χ4v) is 2.95. The van der Waals surface area contributed by atoms with Crippen LogP contribution in [0.25, 0.3) is 0 Å². The molecule has 0 radical (unpaired) electrons. The van der Waals surface area contributed by atoms with Crippen molar-refractivity contribution in [3.8, 4) is 6.07 Å². The molecule has 23 heavy (non-hydrogen) atoms. The van der Waals surface area contributed by atoms with E-state index in [1.807, 2.05) is 24.3 Å². The minimum absolute atomic E-state index is 0.227. The van der Waals surface area contributed by atoms with Crippen molar-refractivity contribution in [3.63, 3.8) is 0 Å². The molecule has 1 amide bonds. The molecule has 0 atom stereocenters. The topological polar surface area (TPSA) is 65.8 Å². The van der Waals surface area contributed by atoms with Crippen molar-refractivity contribution in [1.29, 1.82) is 5.26 Å². The maximum atomic E-state index is 12.2. The van der Waals surface area contributed by atoms with Crippen LogP contribution in [0.1, 0.15) is 26.4 Å². The number of amides is 1. The Morgan fingerprint density at radius 1 is 1.13 bits per heavy atom. The Labute approximate surface area is 138 Å². The van der Waals surface area contributed by atoms with E-state index >= 15 is 0 Å². The van der Waals surface area contributed by atoms with E-state index in [9.17, 15) is 4.79 Å². The molecule has 4 nitrogen and oxygen atoms in total. The lowest BCUT2D eigenvalue weighted by molar-refractivity contribution is 0.102. The fraction of sp³-hybridized carbons (Fsp3) is 0.0556. The minimum Gasteiger partial charge on any atom is -0.298 e. The molecule has 0 aliphatic heterocycles. The van der Waals surface area contributed by atoms with Gasteiger partial charge in [-0.25, -0.2) is 4.98 Å². The maximum absolute atomic E-state index is 12.2. The molecule has 0 aliphatic carbocycles. The van der Waals surface area contributed by atoms with Crippen LogP contribution < -0.4 is 5.32 Å². The Bertz CT molecular complexity index is 848. The molecule has 0 spiro atoms. The van der Waals surface area contributed by atoms with E-state index in [1.165, 1.54) is 16.9 Å². The summed E-state index contributed by atoms with van der Waals surface area (Å²) in [5.74, 6) is -0.227. The molecule has 112 valence electrons. The molecule has 1 aromatic heterocycles. The SMILES string of the molecule is N#Cc1ccc(C(=O)Nc2ncc(Cc3ccccc3)s2)cc1. The molecule has 0 fully saturated rings. The number of benzene rings is 2. The molecular weight excluding hydrogens is 306 g/mol. The standard InChI is InChI=1S/C18H13N3OS/c19-11-14-6-8-15(9-7-14)17(22)21-18-20-12-16(23-18)10-13-4-2-1-3-5-13/h1-9,12H,10H2,(H,20,21,22). The van der Waals surface area contributed by atoms with Gasteiger partial charge in [-0.1, -0.05) is 30.3 Å². The number of carbonyl (C=O) groups excluding carboxylic acids is 1. The number of hydrogen-bond acceptors (Lipinski definition) is 4. The number of nitrogens with zero attached hydrogens (tertiary/aromatic N) is 2. The maximum Gasteiger partial charge on any atom is 0.257 e. The molecule has 0 aliphatic rings. The van der Waals surface area contributed by atoms with Gasteiger partial charge in [-0.2, -0.15) is 5.26 Å². The second-order valence-electron chi connectivity index (χ2n) is 4.94. The highest BCUT2D eigenvalue weighted by Gasteiger charge is 2.09. The van der Waals surface area contributed by atoms with Gasteiger partial charge in [-0.3, -0.25) is 10.1 Å². The summed E-state index contributed by atoms with van der Waals surface area (Å²) in [4.78, 5) is 17.5. The molecule has 5 heteroatoms. The number of nitriles is 1. The zero-order valence-corrected chi connectivity index (χ0v) is 13.0. The lowest BCUT2D eigenvalue weighted by Crippen LogP contribution is -2.11. The van der Waals surface area contributed by atoms with Gasteiger partial charge in [0, 0.05) is 23.1 Å². The van der Waals surface area contributed by atoms with Crippen molar-refractivity contribution in [2.45, 2.75) is 6.42 Å². The third-order valence-electron chi connectivity index (χ3n) is 3.27.